The fourth-order valence-corrected chi connectivity index (χ4v) is 5.88. The third kappa shape index (κ3) is 5.67. The molecule has 2 amide bonds. The molecule has 0 radical (unpaired) electrons. The minimum absolute atomic E-state index is 0.147. The molecule has 13 heteroatoms. The van der Waals surface area contributed by atoms with E-state index in [1.54, 1.807) is 40.2 Å². The minimum atomic E-state index is -0.656. The molecule has 42 heavy (non-hydrogen) atoms. The zero-order valence-electron chi connectivity index (χ0n) is 22.5. The van der Waals surface area contributed by atoms with Crippen LogP contribution >= 0.6 is 23.2 Å². The first-order valence-corrected chi connectivity index (χ1v) is 14.5. The molecule has 11 nitrogen and oxygen atoms in total. The van der Waals surface area contributed by atoms with Gasteiger partial charge < -0.3 is 10.6 Å². The number of rotatable bonds is 3. The van der Waals surface area contributed by atoms with Crippen LogP contribution in [0.15, 0.2) is 65.8 Å². The van der Waals surface area contributed by atoms with E-state index in [4.69, 9.17) is 23.2 Å². The fourth-order valence-electron chi connectivity index (χ4n) is 5.58. The topological polar surface area (TPSA) is 127 Å². The SMILES string of the molecule is O=C1NCCCCC[C@H](n2cnc(-c3cc(Cl)ccc3-n3cc(Cl)nn3)cc2=O)c2cccc(c2)N2C(=O)CNC[C@@H]12. The summed E-state index contributed by atoms with van der Waals surface area (Å²) in [6.45, 7) is 1.03. The van der Waals surface area contributed by atoms with E-state index in [2.05, 4.69) is 25.9 Å². The number of benzene rings is 2. The van der Waals surface area contributed by atoms with Crippen molar-refractivity contribution in [1.82, 2.24) is 35.2 Å². The van der Waals surface area contributed by atoms with Crippen LogP contribution in [0, 0.1) is 0 Å². The first-order chi connectivity index (χ1) is 20.4. The van der Waals surface area contributed by atoms with Crippen molar-refractivity contribution in [1.29, 1.82) is 0 Å². The third-order valence-corrected chi connectivity index (χ3v) is 8.01. The quantitative estimate of drug-likeness (QED) is 0.366. The Labute approximate surface area is 251 Å². The van der Waals surface area contributed by atoms with Crippen molar-refractivity contribution >= 4 is 40.7 Å². The number of fused-ring (bicyclic) bond motifs is 4. The summed E-state index contributed by atoms with van der Waals surface area (Å²) >= 11 is 12.3. The van der Waals surface area contributed by atoms with E-state index in [1.807, 2.05) is 24.3 Å². The lowest BCUT2D eigenvalue weighted by atomic mass is 9.98. The molecule has 216 valence electrons. The third-order valence-electron chi connectivity index (χ3n) is 7.60. The van der Waals surface area contributed by atoms with Gasteiger partial charge in [0.2, 0.25) is 11.8 Å². The maximum Gasteiger partial charge on any atom is 0.254 e. The zero-order chi connectivity index (χ0) is 29.2. The van der Waals surface area contributed by atoms with E-state index >= 15 is 0 Å². The first kappa shape index (κ1) is 28.1. The molecule has 4 aromatic rings. The van der Waals surface area contributed by atoms with Gasteiger partial charge in [-0.15, -0.1) is 5.10 Å². The van der Waals surface area contributed by atoms with E-state index in [0.717, 1.165) is 24.8 Å². The lowest BCUT2D eigenvalue weighted by molar-refractivity contribution is -0.127. The number of amides is 2. The second kappa shape index (κ2) is 12.0. The number of carbonyl (C=O) groups is 2. The number of piperazine rings is 1. The highest BCUT2D eigenvalue weighted by molar-refractivity contribution is 6.31. The van der Waals surface area contributed by atoms with E-state index in [0.29, 0.717) is 47.2 Å². The van der Waals surface area contributed by atoms with Gasteiger partial charge in [-0.2, -0.15) is 0 Å². The number of anilines is 1. The second-order valence-corrected chi connectivity index (χ2v) is 11.2. The lowest BCUT2D eigenvalue weighted by Crippen LogP contribution is -2.61. The Balaban J connectivity index is 1.40. The van der Waals surface area contributed by atoms with E-state index < -0.39 is 6.04 Å². The smallest absolute Gasteiger partial charge is 0.254 e. The van der Waals surface area contributed by atoms with Gasteiger partial charge in [-0.1, -0.05) is 53.4 Å². The molecular formula is C29H28Cl2N8O3. The Morgan fingerprint density at radius 1 is 0.952 bits per heavy atom. The van der Waals surface area contributed by atoms with Gasteiger partial charge in [-0.25, -0.2) is 9.67 Å². The number of nitrogens with zero attached hydrogens (tertiary/aromatic N) is 6. The average Bonchev–Trinajstić information content (AvgIpc) is 3.42. The molecule has 2 aromatic carbocycles. The van der Waals surface area contributed by atoms with Crippen LogP contribution in [0.25, 0.3) is 16.9 Å². The van der Waals surface area contributed by atoms with Gasteiger partial charge in [0.05, 0.1) is 36.5 Å². The van der Waals surface area contributed by atoms with Gasteiger partial charge in [0, 0.05) is 35.4 Å². The van der Waals surface area contributed by atoms with Gasteiger partial charge in [0.15, 0.2) is 5.15 Å². The molecule has 2 aliphatic heterocycles. The summed E-state index contributed by atoms with van der Waals surface area (Å²) in [6, 6.07) is 13.2. The molecule has 0 unspecified atom stereocenters. The molecule has 2 N–H and O–H groups in total. The molecular weight excluding hydrogens is 579 g/mol. The summed E-state index contributed by atoms with van der Waals surface area (Å²) in [5.74, 6) is -0.361. The molecule has 6 rings (SSSR count). The molecule has 0 aliphatic carbocycles. The Hall–Kier alpha value is -4.06. The van der Waals surface area contributed by atoms with E-state index in [9.17, 15) is 14.4 Å². The molecule has 4 heterocycles. The van der Waals surface area contributed by atoms with Crippen LogP contribution in [0.3, 0.4) is 0 Å². The van der Waals surface area contributed by atoms with Gasteiger partial charge in [-0.3, -0.25) is 23.9 Å². The first-order valence-electron chi connectivity index (χ1n) is 13.8. The summed E-state index contributed by atoms with van der Waals surface area (Å²) in [7, 11) is 0. The molecule has 0 saturated carbocycles. The number of halogens is 2. The largest absolute Gasteiger partial charge is 0.354 e. The molecule has 0 spiro atoms. The predicted molar refractivity (Wildman–Crippen MR) is 159 cm³/mol. The lowest BCUT2D eigenvalue weighted by Gasteiger charge is -2.35. The molecule has 2 aliphatic rings. The minimum Gasteiger partial charge on any atom is -0.354 e. The molecule has 2 bridgehead atoms. The Kier molecular flexibility index (Phi) is 8.05. The predicted octanol–water partition coefficient (Wildman–Crippen LogP) is 3.38. The molecule has 2 atom stereocenters. The normalized spacial score (nSPS) is 19.7. The number of aromatic nitrogens is 5. The Bertz CT molecular complexity index is 1700. The molecule has 2 aromatic heterocycles. The maximum atomic E-state index is 13.7. The van der Waals surface area contributed by atoms with Crippen molar-refractivity contribution in [2.75, 3.05) is 24.5 Å². The van der Waals surface area contributed by atoms with Crippen molar-refractivity contribution in [3.05, 3.63) is 87.1 Å². The van der Waals surface area contributed by atoms with Gasteiger partial charge >= 0.3 is 0 Å². The van der Waals surface area contributed by atoms with Crippen LogP contribution in [0.2, 0.25) is 10.2 Å². The zero-order valence-corrected chi connectivity index (χ0v) is 24.1. The van der Waals surface area contributed by atoms with Crippen LogP contribution in [0.5, 0.6) is 0 Å². The van der Waals surface area contributed by atoms with Gasteiger partial charge in [0.25, 0.3) is 5.56 Å². The van der Waals surface area contributed by atoms with Crippen LogP contribution in [0.4, 0.5) is 5.69 Å². The second-order valence-electron chi connectivity index (χ2n) is 10.3. The van der Waals surface area contributed by atoms with Gasteiger partial charge in [-0.05, 0) is 48.7 Å². The summed E-state index contributed by atoms with van der Waals surface area (Å²) in [4.78, 5) is 45.9. The van der Waals surface area contributed by atoms with Crippen LogP contribution in [0.1, 0.15) is 37.3 Å². The molecule has 1 fully saturated rings. The highest BCUT2D eigenvalue weighted by atomic mass is 35.5. The summed E-state index contributed by atoms with van der Waals surface area (Å²) in [6.07, 6.45) is 6.28. The molecule has 1 saturated heterocycles. The van der Waals surface area contributed by atoms with Crippen LogP contribution < -0.4 is 21.1 Å². The monoisotopic (exact) mass is 606 g/mol. The van der Waals surface area contributed by atoms with Crippen molar-refractivity contribution in [2.45, 2.75) is 37.8 Å². The van der Waals surface area contributed by atoms with Gasteiger partial charge in [0.1, 0.15) is 6.04 Å². The maximum absolute atomic E-state index is 13.7. The fraction of sp³-hybridized carbons (Fsp3) is 0.310. The highest BCUT2D eigenvalue weighted by Gasteiger charge is 2.34. The van der Waals surface area contributed by atoms with Crippen molar-refractivity contribution in [3.8, 4) is 16.9 Å². The highest BCUT2D eigenvalue weighted by Crippen LogP contribution is 2.31. The number of nitrogens with one attached hydrogen (secondary N) is 2. The summed E-state index contributed by atoms with van der Waals surface area (Å²) in [5, 5.41) is 14.6. The summed E-state index contributed by atoms with van der Waals surface area (Å²) < 4.78 is 3.13. The van der Waals surface area contributed by atoms with E-state index in [1.165, 1.54) is 10.7 Å². The summed E-state index contributed by atoms with van der Waals surface area (Å²) in [5.41, 5.74) is 2.89. The van der Waals surface area contributed by atoms with E-state index in [-0.39, 0.29) is 35.1 Å². The van der Waals surface area contributed by atoms with Crippen molar-refractivity contribution < 1.29 is 9.59 Å². The number of hydrogen-bond acceptors (Lipinski definition) is 7. The van der Waals surface area contributed by atoms with Crippen LogP contribution in [-0.2, 0) is 9.59 Å². The number of carbonyl (C=O) groups excluding carboxylic acids is 2. The Morgan fingerprint density at radius 3 is 2.64 bits per heavy atom. The average molecular weight is 608 g/mol. The van der Waals surface area contributed by atoms with Crippen molar-refractivity contribution in [2.24, 2.45) is 0 Å². The van der Waals surface area contributed by atoms with Crippen molar-refractivity contribution in [3.63, 3.8) is 0 Å². The number of hydrogen-bond donors (Lipinski definition) is 2. The standard InChI is InChI=1S/C29H28Cl2N8O3/c30-19-8-9-24(38-16-26(31)35-36-38)21(12-19)22-13-27(40)37(17-34-22)23-7-2-1-3-10-33-29(42)25-14-32-15-28(41)39(25)20-6-4-5-18(23)11-20/h4-6,8-9,11-13,16-17,23,25,32H,1-3,7,10,14-15H2,(H,33,42)/t23-,25-/m0/s1. The Morgan fingerprint density at radius 2 is 1.83 bits per heavy atom. The van der Waals surface area contributed by atoms with Crippen LogP contribution in [-0.4, -0.2) is 62.0 Å².